The van der Waals surface area contributed by atoms with Gasteiger partial charge in [0.2, 0.25) is 0 Å². The first-order valence-electron chi connectivity index (χ1n) is 6.50. The Morgan fingerprint density at radius 3 is 2.88 bits per heavy atom. The molecule has 0 heterocycles. The maximum absolute atomic E-state index is 11.0. The molecule has 1 fully saturated rings. The Hall–Kier alpha value is -1.05. The minimum Gasteiger partial charge on any atom is -0.478 e. The van der Waals surface area contributed by atoms with Crippen LogP contribution in [-0.4, -0.2) is 11.1 Å². The largest absolute Gasteiger partial charge is 0.478 e. The first kappa shape index (κ1) is 12.4. The molecule has 0 aliphatic heterocycles. The van der Waals surface area contributed by atoms with Crippen molar-refractivity contribution >= 4 is 5.97 Å². The van der Waals surface area contributed by atoms with E-state index < -0.39 is 5.97 Å². The molecule has 0 aromatic carbocycles. The van der Waals surface area contributed by atoms with Crippen LogP contribution < -0.4 is 0 Å². The van der Waals surface area contributed by atoms with Gasteiger partial charge in [0.05, 0.1) is 0 Å². The first-order valence-corrected chi connectivity index (χ1v) is 6.50. The summed E-state index contributed by atoms with van der Waals surface area (Å²) in [5.74, 6) is -0.0766. The molecule has 2 aliphatic rings. The van der Waals surface area contributed by atoms with Gasteiger partial charge < -0.3 is 5.11 Å². The van der Waals surface area contributed by atoms with Gasteiger partial charge in [0, 0.05) is 5.57 Å². The zero-order valence-corrected chi connectivity index (χ0v) is 11.0. The summed E-state index contributed by atoms with van der Waals surface area (Å²) in [4.78, 5) is 11.0. The van der Waals surface area contributed by atoms with Crippen molar-refractivity contribution in [3.8, 4) is 0 Å². The van der Waals surface area contributed by atoms with Crippen LogP contribution in [0.3, 0.4) is 0 Å². The van der Waals surface area contributed by atoms with Crippen molar-refractivity contribution in [3.63, 3.8) is 0 Å². The van der Waals surface area contributed by atoms with Gasteiger partial charge in [-0.3, -0.25) is 0 Å². The molecule has 0 saturated heterocycles. The highest BCUT2D eigenvalue weighted by atomic mass is 16.4. The molecule has 1 N–H and O–H groups in total. The van der Waals surface area contributed by atoms with Crippen LogP contribution in [0.4, 0.5) is 0 Å². The van der Waals surface area contributed by atoms with E-state index in [0.717, 1.165) is 19.3 Å². The zero-order valence-electron chi connectivity index (χ0n) is 11.0. The molecule has 2 rings (SSSR count). The van der Waals surface area contributed by atoms with Gasteiger partial charge in [-0.25, -0.2) is 4.79 Å². The van der Waals surface area contributed by atoms with Crippen LogP contribution in [0.2, 0.25) is 0 Å². The first-order chi connectivity index (χ1) is 7.92. The molecule has 0 bridgehead atoms. The molecule has 0 aromatic rings. The molecule has 0 aromatic heterocycles. The fraction of sp³-hybridized carbons (Fsp3) is 0.667. The van der Waals surface area contributed by atoms with Crippen molar-refractivity contribution in [1.29, 1.82) is 0 Å². The summed E-state index contributed by atoms with van der Waals surface area (Å²) in [6, 6.07) is 0. The van der Waals surface area contributed by atoms with Crippen LogP contribution in [-0.2, 0) is 4.79 Å². The highest BCUT2D eigenvalue weighted by Crippen LogP contribution is 2.53. The van der Waals surface area contributed by atoms with Gasteiger partial charge in [0.1, 0.15) is 0 Å². The van der Waals surface area contributed by atoms with Gasteiger partial charge in [-0.15, -0.1) is 0 Å². The molecule has 2 aliphatic carbocycles. The fourth-order valence-corrected chi connectivity index (χ4v) is 3.29. The van der Waals surface area contributed by atoms with Crippen molar-refractivity contribution in [3.05, 3.63) is 22.8 Å². The van der Waals surface area contributed by atoms with E-state index in [0.29, 0.717) is 16.9 Å². The lowest BCUT2D eigenvalue weighted by Crippen LogP contribution is -2.19. The molecule has 2 nitrogen and oxygen atoms in total. The van der Waals surface area contributed by atoms with Crippen LogP contribution in [0.5, 0.6) is 0 Å². The van der Waals surface area contributed by atoms with Crippen molar-refractivity contribution < 1.29 is 9.90 Å². The summed E-state index contributed by atoms with van der Waals surface area (Å²) in [5, 5.41) is 9.09. The van der Waals surface area contributed by atoms with Crippen molar-refractivity contribution in [1.82, 2.24) is 0 Å². The second-order valence-corrected chi connectivity index (χ2v) is 6.06. The van der Waals surface area contributed by atoms with E-state index in [1.165, 1.54) is 24.0 Å². The van der Waals surface area contributed by atoms with Gasteiger partial charge in [0.15, 0.2) is 0 Å². The molecule has 0 spiro atoms. The Balaban J connectivity index is 2.25. The minimum absolute atomic E-state index is 0.295. The Morgan fingerprint density at radius 1 is 1.53 bits per heavy atom. The number of fused-ring (bicyclic) bond motifs is 1. The van der Waals surface area contributed by atoms with Gasteiger partial charge >= 0.3 is 5.97 Å². The summed E-state index contributed by atoms with van der Waals surface area (Å²) in [6.45, 7) is 6.30. The van der Waals surface area contributed by atoms with Crippen molar-refractivity contribution in [2.45, 2.75) is 52.9 Å². The second kappa shape index (κ2) is 4.32. The van der Waals surface area contributed by atoms with Crippen molar-refractivity contribution in [2.75, 3.05) is 0 Å². The van der Waals surface area contributed by atoms with E-state index >= 15 is 0 Å². The van der Waals surface area contributed by atoms with Crippen LogP contribution in [0.25, 0.3) is 0 Å². The molecule has 17 heavy (non-hydrogen) atoms. The summed E-state index contributed by atoms with van der Waals surface area (Å²) in [6.07, 6.45) is 7.84. The Kier molecular flexibility index (Phi) is 3.15. The summed E-state index contributed by atoms with van der Waals surface area (Å²) in [5.41, 5.74) is 3.56. The summed E-state index contributed by atoms with van der Waals surface area (Å²) >= 11 is 0. The van der Waals surface area contributed by atoms with E-state index in [2.05, 4.69) is 19.9 Å². The van der Waals surface area contributed by atoms with Crippen LogP contribution in [0, 0.1) is 11.3 Å². The standard InChI is InChI=1S/C15H22O2/c1-10-4-5-13-8-12(11(2)14(16)17)9-15(13,3)7-6-10/h6,13H,4-5,7-9H2,1-3H3,(H,16,17)/b12-11-. The highest BCUT2D eigenvalue weighted by Gasteiger charge is 2.41. The minimum atomic E-state index is -0.744. The zero-order chi connectivity index (χ0) is 12.6. The highest BCUT2D eigenvalue weighted by molar-refractivity contribution is 5.86. The van der Waals surface area contributed by atoms with Gasteiger partial charge in [-0.1, -0.05) is 24.1 Å². The lowest BCUT2D eigenvalue weighted by Gasteiger charge is -2.28. The molecule has 0 radical (unpaired) electrons. The number of hydrogen-bond donors (Lipinski definition) is 1. The van der Waals surface area contributed by atoms with E-state index in [1.54, 1.807) is 6.92 Å². The number of carboxylic acid groups (broad SMARTS) is 1. The number of aliphatic carboxylic acids is 1. The topological polar surface area (TPSA) is 37.3 Å². The number of carboxylic acids is 1. The SMILES string of the molecule is CC1=CCC2(C)C/C(=C(/C)C(=O)O)CC2CC1. The van der Waals surface area contributed by atoms with Gasteiger partial charge in [-0.2, -0.15) is 0 Å². The number of hydrogen-bond acceptors (Lipinski definition) is 1. The van der Waals surface area contributed by atoms with Crippen LogP contribution in [0.1, 0.15) is 52.9 Å². The van der Waals surface area contributed by atoms with Crippen LogP contribution in [0.15, 0.2) is 22.8 Å². The van der Waals surface area contributed by atoms with E-state index in [1.807, 2.05) is 0 Å². The molecule has 0 amide bonds. The van der Waals surface area contributed by atoms with Crippen molar-refractivity contribution in [2.24, 2.45) is 11.3 Å². The lowest BCUT2D eigenvalue weighted by atomic mass is 9.76. The third-order valence-corrected chi connectivity index (χ3v) is 4.75. The molecule has 94 valence electrons. The summed E-state index contributed by atoms with van der Waals surface area (Å²) in [7, 11) is 0. The third-order valence-electron chi connectivity index (χ3n) is 4.75. The van der Waals surface area contributed by atoms with E-state index in [-0.39, 0.29) is 0 Å². The average molecular weight is 234 g/mol. The third kappa shape index (κ3) is 2.31. The van der Waals surface area contributed by atoms with E-state index in [9.17, 15) is 4.79 Å². The molecular weight excluding hydrogens is 212 g/mol. The number of carbonyl (C=O) groups is 1. The number of allylic oxidation sites excluding steroid dienone is 3. The Labute approximate surface area is 103 Å². The molecule has 2 atom stereocenters. The Bertz CT molecular complexity index is 403. The normalized spacial score (nSPS) is 35.9. The molecular formula is C15H22O2. The maximum atomic E-state index is 11.0. The predicted molar refractivity (Wildman–Crippen MR) is 68.8 cm³/mol. The quantitative estimate of drug-likeness (QED) is 0.551. The van der Waals surface area contributed by atoms with Gasteiger partial charge in [0.25, 0.3) is 0 Å². The molecule has 2 heteroatoms. The Morgan fingerprint density at radius 2 is 2.24 bits per heavy atom. The number of rotatable bonds is 1. The molecule has 2 unspecified atom stereocenters. The van der Waals surface area contributed by atoms with Crippen LogP contribution >= 0.6 is 0 Å². The average Bonchev–Trinajstić information content (AvgIpc) is 2.54. The monoisotopic (exact) mass is 234 g/mol. The summed E-state index contributed by atoms with van der Waals surface area (Å²) < 4.78 is 0. The second-order valence-electron chi connectivity index (χ2n) is 6.06. The van der Waals surface area contributed by atoms with Gasteiger partial charge in [-0.05, 0) is 57.3 Å². The smallest absolute Gasteiger partial charge is 0.331 e. The predicted octanol–water partition coefficient (Wildman–Crippen LogP) is 3.93. The fourth-order valence-electron chi connectivity index (χ4n) is 3.29. The lowest BCUT2D eigenvalue weighted by molar-refractivity contribution is -0.132. The maximum Gasteiger partial charge on any atom is 0.331 e. The molecule has 1 saturated carbocycles. The van der Waals surface area contributed by atoms with E-state index in [4.69, 9.17) is 5.11 Å².